The van der Waals surface area contributed by atoms with Gasteiger partial charge in [0, 0.05) is 6.42 Å². The number of nitrogens with zero attached hydrogens (tertiary/aromatic N) is 1. The molecule has 1 aromatic heterocycles. The Labute approximate surface area is 114 Å². The first-order chi connectivity index (χ1) is 8.72. The number of nitrogens with one attached hydrogen (secondary N) is 1. The molecule has 0 unspecified atom stereocenters. The van der Waals surface area contributed by atoms with Gasteiger partial charge >= 0.3 is 0 Å². The summed E-state index contributed by atoms with van der Waals surface area (Å²) < 4.78 is 19.8. The van der Waals surface area contributed by atoms with Crippen LogP contribution in [0.4, 0.5) is 4.39 Å². The van der Waals surface area contributed by atoms with Crippen molar-refractivity contribution in [2.45, 2.75) is 12.8 Å². The van der Waals surface area contributed by atoms with Gasteiger partial charge in [0.15, 0.2) is 11.7 Å². The van der Waals surface area contributed by atoms with Gasteiger partial charge in [-0.1, -0.05) is 6.07 Å². The van der Waals surface area contributed by atoms with Crippen molar-refractivity contribution in [1.29, 1.82) is 0 Å². The van der Waals surface area contributed by atoms with Crippen LogP contribution in [-0.2, 0) is 6.42 Å². The molecule has 0 aliphatic heterocycles. The molecule has 0 atom stereocenters. The number of oxazole rings is 1. The van der Waals surface area contributed by atoms with Gasteiger partial charge in [-0.05, 0) is 48.1 Å². The Morgan fingerprint density at radius 3 is 3.06 bits per heavy atom. The third kappa shape index (κ3) is 2.97. The number of hydrogen-bond acceptors (Lipinski definition) is 3. The molecular weight excluding hydrogens is 299 g/mol. The third-order valence-corrected chi connectivity index (χ3v) is 3.20. The van der Waals surface area contributed by atoms with Gasteiger partial charge in [-0.2, -0.15) is 0 Å². The Bertz CT molecular complexity index is 527. The average molecular weight is 313 g/mol. The van der Waals surface area contributed by atoms with Crippen LogP contribution in [0.1, 0.15) is 12.3 Å². The van der Waals surface area contributed by atoms with Crippen LogP contribution < -0.4 is 5.32 Å². The minimum Gasteiger partial charge on any atom is -0.441 e. The maximum atomic E-state index is 13.9. The van der Waals surface area contributed by atoms with Crippen molar-refractivity contribution in [3.63, 3.8) is 0 Å². The van der Waals surface area contributed by atoms with Crippen LogP contribution in [0.25, 0.3) is 11.3 Å². The van der Waals surface area contributed by atoms with Gasteiger partial charge in [-0.15, -0.1) is 0 Å². The van der Waals surface area contributed by atoms with E-state index in [-0.39, 0.29) is 5.82 Å². The lowest BCUT2D eigenvalue weighted by Crippen LogP contribution is -2.08. The molecule has 3 nitrogen and oxygen atoms in total. The molecule has 96 valence electrons. The fraction of sp³-hybridized carbons (Fsp3) is 0.308. The Morgan fingerprint density at radius 1 is 1.44 bits per heavy atom. The Hall–Kier alpha value is -1.20. The van der Waals surface area contributed by atoms with Gasteiger partial charge in [0.25, 0.3) is 0 Å². The molecule has 2 rings (SSSR count). The number of rotatable bonds is 5. The van der Waals surface area contributed by atoms with Crippen molar-refractivity contribution in [2.24, 2.45) is 0 Å². The van der Waals surface area contributed by atoms with Crippen molar-refractivity contribution in [3.05, 3.63) is 40.6 Å². The molecule has 0 radical (unpaired) electrons. The molecule has 5 heteroatoms. The van der Waals surface area contributed by atoms with Crippen LogP contribution in [0, 0.1) is 5.82 Å². The van der Waals surface area contributed by atoms with E-state index in [4.69, 9.17) is 4.42 Å². The summed E-state index contributed by atoms with van der Waals surface area (Å²) in [5.41, 5.74) is 0.428. The molecule has 0 saturated heterocycles. The highest BCUT2D eigenvalue weighted by atomic mass is 79.9. The molecule has 1 N–H and O–H groups in total. The van der Waals surface area contributed by atoms with E-state index in [1.165, 1.54) is 0 Å². The highest BCUT2D eigenvalue weighted by molar-refractivity contribution is 9.10. The van der Waals surface area contributed by atoms with Crippen LogP contribution in [-0.4, -0.2) is 18.6 Å². The summed E-state index contributed by atoms with van der Waals surface area (Å²) in [6.07, 6.45) is 3.26. The first-order valence-corrected chi connectivity index (χ1v) is 6.55. The van der Waals surface area contributed by atoms with Crippen molar-refractivity contribution in [3.8, 4) is 11.3 Å². The van der Waals surface area contributed by atoms with E-state index < -0.39 is 0 Å². The molecule has 0 spiro atoms. The second-order valence-corrected chi connectivity index (χ2v) is 4.78. The first-order valence-electron chi connectivity index (χ1n) is 5.76. The highest BCUT2D eigenvalue weighted by Crippen LogP contribution is 2.28. The second kappa shape index (κ2) is 6.11. The zero-order valence-corrected chi connectivity index (χ0v) is 11.6. The van der Waals surface area contributed by atoms with Crippen molar-refractivity contribution in [1.82, 2.24) is 10.3 Å². The van der Waals surface area contributed by atoms with Gasteiger partial charge < -0.3 is 9.73 Å². The van der Waals surface area contributed by atoms with Crippen LogP contribution in [0.3, 0.4) is 0 Å². The average Bonchev–Trinajstić information content (AvgIpc) is 2.82. The van der Waals surface area contributed by atoms with E-state index in [0.717, 1.165) is 19.4 Å². The molecule has 0 aliphatic rings. The molecule has 0 aliphatic carbocycles. The molecule has 0 saturated carbocycles. The minimum atomic E-state index is -0.324. The van der Waals surface area contributed by atoms with Gasteiger partial charge in [-0.3, -0.25) is 0 Å². The largest absolute Gasteiger partial charge is 0.441 e. The van der Waals surface area contributed by atoms with Gasteiger partial charge in [0.05, 0.1) is 16.2 Å². The minimum absolute atomic E-state index is 0.324. The zero-order chi connectivity index (χ0) is 13.0. The second-order valence-electron chi connectivity index (χ2n) is 3.93. The normalized spacial score (nSPS) is 10.8. The van der Waals surface area contributed by atoms with E-state index in [1.54, 1.807) is 24.4 Å². The summed E-state index contributed by atoms with van der Waals surface area (Å²) in [4.78, 5) is 4.16. The molecule has 0 fully saturated rings. The highest BCUT2D eigenvalue weighted by Gasteiger charge is 2.12. The van der Waals surface area contributed by atoms with E-state index >= 15 is 0 Å². The van der Waals surface area contributed by atoms with Crippen molar-refractivity contribution < 1.29 is 8.81 Å². The SMILES string of the molecule is CNCCCc1ncc(-c2cccc(Br)c2F)o1. The van der Waals surface area contributed by atoms with Crippen LogP contribution in [0.5, 0.6) is 0 Å². The van der Waals surface area contributed by atoms with Crippen LogP contribution in [0.2, 0.25) is 0 Å². The lowest BCUT2D eigenvalue weighted by atomic mass is 10.2. The number of halogens is 2. The van der Waals surface area contributed by atoms with E-state index in [0.29, 0.717) is 21.7 Å². The number of benzene rings is 1. The van der Waals surface area contributed by atoms with Gasteiger partial charge in [-0.25, -0.2) is 9.37 Å². The molecular formula is C13H14BrFN2O. The van der Waals surface area contributed by atoms with Crippen molar-refractivity contribution >= 4 is 15.9 Å². The quantitative estimate of drug-likeness (QED) is 0.860. The number of aryl methyl sites for hydroxylation is 1. The van der Waals surface area contributed by atoms with E-state index in [1.807, 2.05) is 7.05 Å². The fourth-order valence-electron chi connectivity index (χ4n) is 1.66. The maximum Gasteiger partial charge on any atom is 0.194 e. The predicted molar refractivity (Wildman–Crippen MR) is 71.8 cm³/mol. The Balaban J connectivity index is 2.16. The zero-order valence-electron chi connectivity index (χ0n) is 10.0. The molecule has 1 aromatic carbocycles. The van der Waals surface area contributed by atoms with E-state index in [9.17, 15) is 4.39 Å². The van der Waals surface area contributed by atoms with Crippen LogP contribution in [0.15, 0.2) is 33.3 Å². The fourth-order valence-corrected chi connectivity index (χ4v) is 2.03. The number of aromatic nitrogens is 1. The van der Waals surface area contributed by atoms with Crippen LogP contribution >= 0.6 is 15.9 Å². The van der Waals surface area contributed by atoms with Gasteiger partial charge in [0.1, 0.15) is 5.82 Å². The smallest absolute Gasteiger partial charge is 0.194 e. The van der Waals surface area contributed by atoms with Crippen molar-refractivity contribution in [2.75, 3.05) is 13.6 Å². The lowest BCUT2D eigenvalue weighted by molar-refractivity contribution is 0.492. The topological polar surface area (TPSA) is 38.1 Å². The molecule has 0 amide bonds. The Morgan fingerprint density at radius 2 is 2.28 bits per heavy atom. The molecule has 0 bridgehead atoms. The Kier molecular flexibility index (Phi) is 4.49. The summed E-state index contributed by atoms with van der Waals surface area (Å²) >= 11 is 3.16. The first kappa shape index (κ1) is 13.2. The summed E-state index contributed by atoms with van der Waals surface area (Å²) in [6.45, 7) is 0.906. The summed E-state index contributed by atoms with van der Waals surface area (Å²) in [5, 5.41) is 3.06. The predicted octanol–water partition coefficient (Wildman–Crippen LogP) is 3.40. The van der Waals surface area contributed by atoms with E-state index in [2.05, 4.69) is 26.2 Å². The monoisotopic (exact) mass is 312 g/mol. The number of hydrogen-bond donors (Lipinski definition) is 1. The van der Waals surface area contributed by atoms with Gasteiger partial charge in [0.2, 0.25) is 0 Å². The third-order valence-electron chi connectivity index (χ3n) is 2.59. The molecule has 2 aromatic rings. The molecule has 1 heterocycles. The summed E-state index contributed by atoms with van der Waals surface area (Å²) in [6, 6.07) is 5.10. The molecule has 18 heavy (non-hydrogen) atoms. The standard InChI is InChI=1S/C13H14BrFN2O/c1-16-7-3-6-12-17-8-11(18-12)9-4-2-5-10(14)13(9)15/h2,4-5,8,16H,3,6-7H2,1H3. The summed E-state index contributed by atoms with van der Waals surface area (Å²) in [5.74, 6) is 0.781. The maximum absolute atomic E-state index is 13.9. The summed E-state index contributed by atoms with van der Waals surface area (Å²) in [7, 11) is 1.90. The lowest BCUT2D eigenvalue weighted by Gasteiger charge is -2.00.